The highest BCUT2D eigenvalue weighted by atomic mass is 79.9. The number of pyridine rings is 1. The SMILES string of the molecule is CCc1ncc(Br)cc1OC. The van der Waals surface area contributed by atoms with Crippen molar-refractivity contribution in [3.05, 3.63) is 22.4 Å². The lowest BCUT2D eigenvalue weighted by molar-refractivity contribution is 0.407. The summed E-state index contributed by atoms with van der Waals surface area (Å²) in [6.07, 6.45) is 2.68. The molecule has 1 aromatic rings. The molecule has 0 aromatic carbocycles. The van der Waals surface area contributed by atoms with Crippen LogP contribution in [-0.2, 0) is 6.42 Å². The molecule has 60 valence electrons. The summed E-state index contributed by atoms with van der Waals surface area (Å²) in [5.74, 6) is 0.849. The number of ether oxygens (including phenoxy) is 1. The molecule has 1 rings (SSSR count). The fourth-order valence-corrected chi connectivity index (χ4v) is 1.20. The Morgan fingerprint density at radius 2 is 2.36 bits per heavy atom. The molecule has 0 aliphatic carbocycles. The van der Waals surface area contributed by atoms with Gasteiger partial charge in [-0.3, -0.25) is 4.98 Å². The molecule has 2 nitrogen and oxygen atoms in total. The number of hydrogen-bond acceptors (Lipinski definition) is 2. The van der Waals surface area contributed by atoms with Crippen LogP contribution in [0.4, 0.5) is 0 Å². The number of methoxy groups -OCH3 is 1. The number of rotatable bonds is 2. The summed E-state index contributed by atoms with van der Waals surface area (Å²) in [5, 5.41) is 0. The Morgan fingerprint density at radius 1 is 1.64 bits per heavy atom. The van der Waals surface area contributed by atoms with E-state index < -0.39 is 0 Å². The molecule has 1 heterocycles. The number of nitrogens with zero attached hydrogens (tertiary/aromatic N) is 1. The third kappa shape index (κ3) is 1.93. The van der Waals surface area contributed by atoms with E-state index in [0.717, 1.165) is 22.3 Å². The predicted octanol–water partition coefficient (Wildman–Crippen LogP) is 2.42. The van der Waals surface area contributed by atoms with Crippen molar-refractivity contribution >= 4 is 15.9 Å². The highest BCUT2D eigenvalue weighted by Gasteiger charge is 2.01. The van der Waals surface area contributed by atoms with E-state index in [1.807, 2.05) is 6.07 Å². The molecule has 0 saturated carbocycles. The molecule has 0 bridgehead atoms. The third-order valence-corrected chi connectivity index (χ3v) is 1.89. The Hall–Kier alpha value is -0.570. The molecule has 1 aromatic heterocycles. The minimum Gasteiger partial charge on any atom is -0.495 e. The Labute approximate surface area is 74.7 Å². The summed E-state index contributed by atoms with van der Waals surface area (Å²) in [6.45, 7) is 2.05. The molecule has 0 N–H and O–H groups in total. The summed E-state index contributed by atoms with van der Waals surface area (Å²) < 4.78 is 6.08. The Kier molecular flexibility index (Phi) is 2.88. The molecule has 0 unspecified atom stereocenters. The molecule has 0 amide bonds. The van der Waals surface area contributed by atoms with Crippen molar-refractivity contribution in [2.45, 2.75) is 13.3 Å². The minimum absolute atomic E-state index is 0.849. The summed E-state index contributed by atoms with van der Waals surface area (Å²) in [6, 6.07) is 1.92. The largest absolute Gasteiger partial charge is 0.495 e. The van der Waals surface area contributed by atoms with Crippen LogP contribution in [0.2, 0.25) is 0 Å². The van der Waals surface area contributed by atoms with Crippen LogP contribution >= 0.6 is 15.9 Å². The van der Waals surface area contributed by atoms with Gasteiger partial charge in [0.2, 0.25) is 0 Å². The highest BCUT2D eigenvalue weighted by Crippen LogP contribution is 2.20. The summed E-state index contributed by atoms with van der Waals surface area (Å²) in [5.41, 5.74) is 0.996. The van der Waals surface area contributed by atoms with E-state index in [2.05, 4.69) is 27.8 Å². The van der Waals surface area contributed by atoms with Gasteiger partial charge in [-0.2, -0.15) is 0 Å². The lowest BCUT2D eigenvalue weighted by Crippen LogP contribution is -1.93. The third-order valence-electron chi connectivity index (χ3n) is 1.45. The monoisotopic (exact) mass is 215 g/mol. The van der Waals surface area contributed by atoms with E-state index in [4.69, 9.17) is 4.74 Å². The molecule has 0 fully saturated rings. The van der Waals surface area contributed by atoms with Gasteiger partial charge in [-0.05, 0) is 28.4 Å². The maximum absolute atomic E-state index is 5.12. The normalized spacial score (nSPS) is 9.73. The van der Waals surface area contributed by atoms with Gasteiger partial charge < -0.3 is 4.74 Å². The first-order valence-electron chi connectivity index (χ1n) is 3.46. The Bertz CT molecular complexity index is 250. The zero-order valence-corrected chi connectivity index (χ0v) is 8.18. The maximum atomic E-state index is 5.12. The van der Waals surface area contributed by atoms with Gasteiger partial charge in [-0.15, -0.1) is 0 Å². The predicted molar refractivity (Wildman–Crippen MR) is 47.9 cm³/mol. The van der Waals surface area contributed by atoms with Crippen LogP contribution in [0.3, 0.4) is 0 Å². The van der Waals surface area contributed by atoms with E-state index in [1.165, 1.54) is 0 Å². The first-order chi connectivity index (χ1) is 5.27. The van der Waals surface area contributed by atoms with E-state index in [1.54, 1.807) is 13.3 Å². The van der Waals surface area contributed by atoms with Crippen LogP contribution in [0.5, 0.6) is 5.75 Å². The van der Waals surface area contributed by atoms with Gasteiger partial charge >= 0.3 is 0 Å². The molecule has 0 atom stereocenters. The Morgan fingerprint density at radius 3 is 2.91 bits per heavy atom. The second-order valence-electron chi connectivity index (χ2n) is 2.16. The second kappa shape index (κ2) is 3.72. The van der Waals surface area contributed by atoms with Gasteiger partial charge in [0, 0.05) is 10.7 Å². The average molecular weight is 216 g/mol. The lowest BCUT2D eigenvalue weighted by Gasteiger charge is -2.04. The van der Waals surface area contributed by atoms with Crippen LogP contribution in [0.15, 0.2) is 16.7 Å². The number of halogens is 1. The minimum atomic E-state index is 0.849. The van der Waals surface area contributed by atoms with E-state index in [9.17, 15) is 0 Å². The van der Waals surface area contributed by atoms with E-state index in [0.29, 0.717) is 0 Å². The van der Waals surface area contributed by atoms with Crippen molar-refractivity contribution < 1.29 is 4.74 Å². The van der Waals surface area contributed by atoms with Gasteiger partial charge in [0.25, 0.3) is 0 Å². The number of hydrogen-bond donors (Lipinski definition) is 0. The van der Waals surface area contributed by atoms with Crippen molar-refractivity contribution in [2.24, 2.45) is 0 Å². The van der Waals surface area contributed by atoms with Crippen molar-refractivity contribution in [1.82, 2.24) is 4.98 Å². The number of aryl methyl sites for hydroxylation is 1. The zero-order valence-electron chi connectivity index (χ0n) is 6.60. The number of aromatic nitrogens is 1. The van der Waals surface area contributed by atoms with Crippen LogP contribution in [0, 0.1) is 0 Å². The van der Waals surface area contributed by atoms with E-state index >= 15 is 0 Å². The molecule has 0 aliphatic rings. The first-order valence-corrected chi connectivity index (χ1v) is 4.25. The summed E-state index contributed by atoms with van der Waals surface area (Å²) >= 11 is 3.32. The quantitative estimate of drug-likeness (QED) is 0.757. The van der Waals surface area contributed by atoms with Crippen LogP contribution < -0.4 is 4.74 Å². The maximum Gasteiger partial charge on any atom is 0.141 e. The molecule has 0 aliphatic heterocycles. The first kappa shape index (κ1) is 8.53. The van der Waals surface area contributed by atoms with Gasteiger partial charge in [-0.1, -0.05) is 6.92 Å². The molecule has 3 heteroatoms. The van der Waals surface area contributed by atoms with Gasteiger partial charge in [0.05, 0.1) is 12.8 Å². The van der Waals surface area contributed by atoms with Gasteiger partial charge in [0.1, 0.15) is 5.75 Å². The van der Waals surface area contributed by atoms with Crippen molar-refractivity contribution in [2.75, 3.05) is 7.11 Å². The standard InChI is InChI=1S/C8H10BrNO/c1-3-7-8(11-2)4-6(9)5-10-7/h4-5H,3H2,1-2H3. The second-order valence-corrected chi connectivity index (χ2v) is 3.07. The van der Waals surface area contributed by atoms with Crippen molar-refractivity contribution in [3.8, 4) is 5.75 Å². The van der Waals surface area contributed by atoms with Crippen molar-refractivity contribution in [1.29, 1.82) is 0 Å². The summed E-state index contributed by atoms with van der Waals surface area (Å²) in [7, 11) is 1.66. The van der Waals surface area contributed by atoms with Crippen molar-refractivity contribution in [3.63, 3.8) is 0 Å². The smallest absolute Gasteiger partial charge is 0.141 e. The Balaban J connectivity index is 3.06. The molecular weight excluding hydrogens is 206 g/mol. The van der Waals surface area contributed by atoms with E-state index in [-0.39, 0.29) is 0 Å². The highest BCUT2D eigenvalue weighted by molar-refractivity contribution is 9.10. The molecule has 11 heavy (non-hydrogen) atoms. The topological polar surface area (TPSA) is 22.1 Å². The summed E-state index contributed by atoms with van der Waals surface area (Å²) in [4.78, 5) is 4.20. The molecule has 0 radical (unpaired) electrons. The fourth-order valence-electron chi connectivity index (χ4n) is 0.891. The van der Waals surface area contributed by atoms with Crippen LogP contribution in [0.1, 0.15) is 12.6 Å². The van der Waals surface area contributed by atoms with Gasteiger partial charge in [0.15, 0.2) is 0 Å². The van der Waals surface area contributed by atoms with Crippen LogP contribution in [0.25, 0.3) is 0 Å². The van der Waals surface area contributed by atoms with Crippen LogP contribution in [-0.4, -0.2) is 12.1 Å². The molecular formula is C8H10BrNO. The lowest BCUT2D eigenvalue weighted by atomic mass is 10.3. The zero-order chi connectivity index (χ0) is 8.27. The van der Waals surface area contributed by atoms with Gasteiger partial charge in [-0.25, -0.2) is 0 Å². The average Bonchev–Trinajstić information content (AvgIpc) is 2.04. The molecule has 0 spiro atoms. The fraction of sp³-hybridized carbons (Fsp3) is 0.375. The molecule has 0 saturated heterocycles.